The van der Waals surface area contributed by atoms with E-state index in [-0.39, 0.29) is 0 Å². The van der Waals surface area contributed by atoms with Gasteiger partial charge in [0.25, 0.3) is 0 Å². The quantitative estimate of drug-likeness (QED) is 0.667. The van der Waals surface area contributed by atoms with Gasteiger partial charge in [-0.2, -0.15) is 0 Å². The van der Waals surface area contributed by atoms with Crippen LogP contribution in [0.4, 0.5) is 0 Å². The van der Waals surface area contributed by atoms with Crippen molar-refractivity contribution in [1.82, 2.24) is 4.90 Å². The third-order valence-corrected chi connectivity index (χ3v) is 3.72. The van der Waals surface area contributed by atoms with Gasteiger partial charge in [-0.25, -0.2) is 0 Å². The Hall–Kier alpha value is -0.0800. The van der Waals surface area contributed by atoms with Gasteiger partial charge in [-0.3, -0.25) is 4.90 Å². The van der Waals surface area contributed by atoms with E-state index >= 15 is 0 Å². The molecule has 76 valence electrons. The van der Waals surface area contributed by atoms with Crippen molar-refractivity contribution in [3.8, 4) is 0 Å². The molecule has 0 aromatic carbocycles. The van der Waals surface area contributed by atoms with E-state index in [2.05, 4.69) is 18.7 Å². The van der Waals surface area contributed by atoms with E-state index in [0.717, 1.165) is 12.6 Å². The second kappa shape index (κ2) is 3.25. The second-order valence-electron chi connectivity index (χ2n) is 5.60. The number of nitrogens with zero attached hydrogens (tertiary/aromatic N) is 1. The molecular weight excluding hydrogens is 160 g/mol. The number of likely N-dealkylation sites (tertiary alicyclic amines) is 1. The van der Waals surface area contributed by atoms with Gasteiger partial charge in [-0.05, 0) is 31.1 Å². The summed E-state index contributed by atoms with van der Waals surface area (Å²) in [6.45, 7) is 7.16. The number of hydrogen-bond acceptors (Lipinski definition) is 2. The normalized spacial score (nSPS) is 39.9. The van der Waals surface area contributed by atoms with Crippen LogP contribution in [0.2, 0.25) is 0 Å². The molecule has 13 heavy (non-hydrogen) atoms. The van der Waals surface area contributed by atoms with Gasteiger partial charge in [0.2, 0.25) is 0 Å². The van der Waals surface area contributed by atoms with E-state index in [1.165, 1.54) is 32.2 Å². The average molecular weight is 182 g/mol. The molecule has 1 saturated heterocycles. The summed E-state index contributed by atoms with van der Waals surface area (Å²) in [5, 5.41) is 0. The van der Waals surface area contributed by atoms with E-state index in [4.69, 9.17) is 5.73 Å². The van der Waals surface area contributed by atoms with E-state index < -0.39 is 0 Å². The Balaban J connectivity index is 1.89. The molecule has 0 aromatic rings. The maximum atomic E-state index is 5.92. The van der Waals surface area contributed by atoms with Crippen LogP contribution in [-0.4, -0.2) is 30.1 Å². The molecule has 1 saturated carbocycles. The molecule has 0 spiro atoms. The van der Waals surface area contributed by atoms with E-state index in [1.54, 1.807) is 0 Å². The second-order valence-corrected chi connectivity index (χ2v) is 5.60. The molecule has 1 unspecified atom stereocenters. The molecule has 2 N–H and O–H groups in total. The van der Waals surface area contributed by atoms with Crippen LogP contribution >= 0.6 is 0 Å². The zero-order valence-corrected chi connectivity index (χ0v) is 8.92. The molecule has 2 rings (SSSR count). The molecule has 1 aliphatic heterocycles. The van der Waals surface area contributed by atoms with Gasteiger partial charge in [0.15, 0.2) is 0 Å². The van der Waals surface area contributed by atoms with Gasteiger partial charge in [0.05, 0.1) is 0 Å². The molecular formula is C11H22N2. The molecule has 1 heterocycles. The largest absolute Gasteiger partial charge is 0.326 e. The van der Waals surface area contributed by atoms with Gasteiger partial charge in [-0.1, -0.05) is 13.8 Å². The number of nitrogens with two attached hydrogens (primary N) is 1. The van der Waals surface area contributed by atoms with Crippen LogP contribution in [0.25, 0.3) is 0 Å². The molecule has 2 atom stereocenters. The molecule has 2 aliphatic rings. The highest BCUT2D eigenvalue weighted by atomic mass is 15.2. The van der Waals surface area contributed by atoms with Gasteiger partial charge in [0, 0.05) is 25.2 Å². The van der Waals surface area contributed by atoms with Crippen LogP contribution in [0.5, 0.6) is 0 Å². The third-order valence-electron chi connectivity index (χ3n) is 3.72. The third kappa shape index (κ3) is 2.05. The summed E-state index contributed by atoms with van der Waals surface area (Å²) in [4.78, 5) is 2.61. The lowest BCUT2D eigenvalue weighted by Crippen LogP contribution is -2.34. The topological polar surface area (TPSA) is 29.3 Å². The fourth-order valence-electron chi connectivity index (χ4n) is 2.86. The smallest absolute Gasteiger partial charge is 0.0180 e. The van der Waals surface area contributed by atoms with E-state index in [0.29, 0.717) is 11.5 Å². The minimum absolute atomic E-state index is 0.448. The summed E-state index contributed by atoms with van der Waals surface area (Å²) in [6, 6.07) is 1.28. The predicted octanol–water partition coefficient (Wildman–Crippen LogP) is 1.60. The van der Waals surface area contributed by atoms with Crippen molar-refractivity contribution < 1.29 is 0 Å². The van der Waals surface area contributed by atoms with E-state index in [1.807, 2.05) is 0 Å². The van der Waals surface area contributed by atoms with Gasteiger partial charge in [0.1, 0.15) is 0 Å². The Kier molecular flexibility index (Phi) is 2.37. The summed E-state index contributed by atoms with van der Waals surface area (Å²) >= 11 is 0. The monoisotopic (exact) mass is 182 g/mol. The van der Waals surface area contributed by atoms with Crippen molar-refractivity contribution in [2.45, 2.75) is 51.6 Å². The van der Waals surface area contributed by atoms with Gasteiger partial charge in [-0.15, -0.1) is 0 Å². The number of rotatable bonds is 1. The van der Waals surface area contributed by atoms with Crippen LogP contribution in [0, 0.1) is 5.41 Å². The van der Waals surface area contributed by atoms with Crippen LogP contribution in [-0.2, 0) is 0 Å². The molecule has 2 nitrogen and oxygen atoms in total. The first-order valence-corrected chi connectivity index (χ1v) is 5.56. The summed E-state index contributed by atoms with van der Waals surface area (Å²) in [5.41, 5.74) is 6.50. The SMILES string of the molecule is CC1(C)CCC(N2CC[C@@H](N)C2)C1. The summed E-state index contributed by atoms with van der Waals surface area (Å²) in [7, 11) is 0. The van der Waals surface area contributed by atoms with Crippen LogP contribution in [0.3, 0.4) is 0 Å². The van der Waals surface area contributed by atoms with Crippen LogP contribution in [0.1, 0.15) is 39.5 Å². The van der Waals surface area contributed by atoms with Gasteiger partial charge < -0.3 is 5.73 Å². The minimum Gasteiger partial charge on any atom is -0.326 e. The molecule has 0 aromatic heterocycles. The molecule has 1 aliphatic carbocycles. The Morgan fingerprint density at radius 3 is 2.54 bits per heavy atom. The zero-order valence-electron chi connectivity index (χ0n) is 8.92. The van der Waals surface area contributed by atoms with Crippen LogP contribution < -0.4 is 5.73 Å². The number of hydrogen-bond donors (Lipinski definition) is 1. The summed E-state index contributed by atoms with van der Waals surface area (Å²) < 4.78 is 0. The van der Waals surface area contributed by atoms with Crippen molar-refractivity contribution in [2.75, 3.05) is 13.1 Å². The fourth-order valence-corrected chi connectivity index (χ4v) is 2.86. The van der Waals surface area contributed by atoms with Crippen molar-refractivity contribution in [2.24, 2.45) is 11.1 Å². The summed E-state index contributed by atoms with van der Waals surface area (Å²) in [6.07, 6.45) is 5.36. The first kappa shape index (κ1) is 9.47. The first-order chi connectivity index (χ1) is 6.07. The highest BCUT2D eigenvalue weighted by Crippen LogP contribution is 2.40. The van der Waals surface area contributed by atoms with Crippen molar-refractivity contribution >= 4 is 0 Å². The summed E-state index contributed by atoms with van der Waals surface area (Å²) in [5.74, 6) is 0. The predicted molar refractivity (Wildman–Crippen MR) is 55.6 cm³/mol. The molecule has 0 radical (unpaired) electrons. The standard InChI is InChI=1S/C11H22N2/c1-11(2)5-3-10(7-11)13-6-4-9(12)8-13/h9-10H,3-8,12H2,1-2H3/t9-,10?/m1/s1. The Labute approximate surface area is 81.5 Å². The Morgan fingerprint density at radius 1 is 1.31 bits per heavy atom. The highest BCUT2D eigenvalue weighted by molar-refractivity contribution is 4.91. The van der Waals surface area contributed by atoms with Crippen LogP contribution in [0.15, 0.2) is 0 Å². The molecule has 2 heteroatoms. The van der Waals surface area contributed by atoms with E-state index in [9.17, 15) is 0 Å². The maximum absolute atomic E-state index is 5.92. The highest BCUT2D eigenvalue weighted by Gasteiger charge is 2.36. The van der Waals surface area contributed by atoms with Gasteiger partial charge >= 0.3 is 0 Å². The minimum atomic E-state index is 0.448. The average Bonchev–Trinajstić information content (AvgIpc) is 2.56. The Morgan fingerprint density at radius 2 is 2.08 bits per heavy atom. The molecule has 0 bridgehead atoms. The maximum Gasteiger partial charge on any atom is 0.0180 e. The van der Waals surface area contributed by atoms with Crippen molar-refractivity contribution in [3.63, 3.8) is 0 Å². The zero-order chi connectivity index (χ0) is 9.47. The van der Waals surface area contributed by atoms with Crippen molar-refractivity contribution in [3.05, 3.63) is 0 Å². The first-order valence-electron chi connectivity index (χ1n) is 5.56. The lowest BCUT2D eigenvalue weighted by Gasteiger charge is -2.25. The Bertz CT molecular complexity index is 189. The molecule has 0 amide bonds. The fraction of sp³-hybridized carbons (Fsp3) is 1.00. The molecule has 2 fully saturated rings. The lowest BCUT2D eigenvalue weighted by atomic mass is 9.91. The van der Waals surface area contributed by atoms with Crippen molar-refractivity contribution in [1.29, 1.82) is 0 Å². The lowest BCUT2D eigenvalue weighted by molar-refractivity contribution is 0.225.